The smallest absolute Gasteiger partial charge is 0.308 e. The highest BCUT2D eigenvalue weighted by molar-refractivity contribution is 5.70. The van der Waals surface area contributed by atoms with Crippen molar-refractivity contribution in [2.45, 2.75) is 313 Å². The van der Waals surface area contributed by atoms with Gasteiger partial charge in [-0.1, -0.05) is 40.9 Å². The summed E-state index contributed by atoms with van der Waals surface area (Å²) in [7, 11) is 0. The fraction of sp³-hybridized carbons (Fsp3) is 0.917. The first kappa shape index (κ1) is 55.7. The number of aliphatic hydroxyl groups is 3. The lowest BCUT2D eigenvalue weighted by Gasteiger charge is -2.50. The zero-order valence-corrected chi connectivity index (χ0v) is 47.5. The second-order valence-electron chi connectivity index (χ2n) is 27.8. The first-order valence-electron chi connectivity index (χ1n) is 31.1. The molecule has 3 spiro atoms. The van der Waals surface area contributed by atoms with Crippen LogP contribution in [-0.2, 0) is 80.6 Å². The number of hydrogen-bond donors (Lipinski definition) is 4. The van der Waals surface area contributed by atoms with Crippen LogP contribution in [0.25, 0.3) is 0 Å². The van der Waals surface area contributed by atoms with Crippen LogP contribution >= 0.6 is 0 Å². The molecule has 5 N–H and O–H groups in total. The first-order chi connectivity index (χ1) is 38.8. The van der Waals surface area contributed by atoms with Crippen LogP contribution in [-0.4, -0.2) is 204 Å². The maximum Gasteiger partial charge on any atom is 0.308 e. The molecule has 16 aliphatic rings. The number of carbonyl (C=O) groups excluding carboxylic acids is 1. The molecule has 452 valence electrons. The molecular weight excluding hydrogens is 1050 g/mol. The number of fused-ring (bicyclic) bond motifs is 10. The van der Waals surface area contributed by atoms with E-state index in [1.165, 1.54) is 0 Å². The van der Waals surface area contributed by atoms with Crippen LogP contribution in [0.5, 0.6) is 0 Å². The average molecular weight is 1140 g/mol. The van der Waals surface area contributed by atoms with Gasteiger partial charge in [-0.15, -0.1) is 0 Å². The van der Waals surface area contributed by atoms with Crippen molar-refractivity contribution in [1.82, 2.24) is 0 Å². The lowest BCUT2D eigenvalue weighted by Crippen LogP contribution is -2.63. The fourth-order valence-corrected chi connectivity index (χ4v) is 18.0. The molecule has 0 aromatic carbocycles. The molecule has 33 atom stereocenters. The van der Waals surface area contributed by atoms with Crippen molar-refractivity contribution in [1.29, 1.82) is 0 Å². The molecule has 16 rings (SSSR count). The summed E-state index contributed by atoms with van der Waals surface area (Å²) in [6, 6.07) is 0. The van der Waals surface area contributed by atoms with Gasteiger partial charge in [0.25, 0.3) is 0 Å². The summed E-state index contributed by atoms with van der Waals surface area (Å²) in [5, 5.41) is 33.2. The molecule has 0 radical (unpaired) electrons. The first-order valence-corrected chi connectivity index (χ1v) is 31.1. The summed E-state index contributed by atoms with van der Waals surface area (Å²) in [4.78, 5) is 14.6. The molecule has 0 saturated carbocycles. The van der Waals surface area contributed by atoms with Gasteiger partial charge in [0.05, 0.1) is 85.8 Å². The van der Waals surface area contributed by atoms with E-state index < -0.39 is 133 Å². The van der Waals surface area contributed by atoms with Crippen LogP contribution in [0.4, 0.5) is 0 Å². The van der Waals surface area contributed by atoms with Gasteiger partial charge in [-0.05, 0) is 80.8 Å². The zero-order chi connectivity index (χ0) is 55.8. The minimum absolute atomic E-state index is 0.0158. The summed E-state index contributed by atoms with van der Waals surface area (Å²) in [5.74, 6) is -3.78. The third kappa shape index (κ3) is 9.28. The van der Waals surface area contributed by atoms with Gasteiger partial charge < -0.3 is 96.8 Å². The Morgan fingerprint density at radius 3 is 2.15 bits per heavy atom. The molecular formula is C60H87NO20. The fourth-order valence-electron chi connectivity index (χ4n) is 18.0. The van der Waals surface area contributed by atoms with Crippen LogP contribution in [0, 0.1) is 23.7 Å². The summed E-state index contributed by atoms with van der Waals surface area (Å²) < 4.78 is 109. The third-order valence-electron chi connectivity index (χ3n) is 22.1. The van der Waals surface area contributed by atoms with Gasteiger partial charge in [0.1, 0.15) is 66.6 Å². The summed E-state index contributed by atoms with van der Waals surface area (Å²) in [5.41, 5.74) is 6.62. The molecule has 16 fully saturated rings. The predicted octanol–water partition coefficient (Wildman–Crippen LogP) is 3.79. The molecule has 33 unspecified atom stereocenters. The molecule has 0 aromatic heterocycles. The van der Waals surface area contributed by atoms with Crippen molar-refractivity contribution < 1.29 is 95.9 Å². The predicted molar refractivity (Wildman–Crippen MR) is 278 cm³/mol. The molecule has 12 bridgehead atoms. The molecule has 0 amide bonds. The van der Waals surface area contributed by atoms with E-state index in [0.29, 0.717) is 70.6 Å². The number of esters is 1. The molecule has 16 aliphatic heterocycles. The Morgan fingerprint density at radius 1 is 0.593 bits per heavy atom. The van der Waals surface area contributed by atoms with Crippen molar-refractivity contribution in [2.75, 3.05) is 6.54 Å². The minimum Gasteiger partial charge on any atom is -0.459 e. The molecule has 16 heterocycles. The van der Waals surface area contributed by atoms with Crippen LogP contribution in [0.15, 0.2) is 24.3 Å². The maximum absolute atomic E-state index is 14.6. The van der Waals surface area contributed by atoms with Gasteiger partial charge in [-0.3, -0.25) is 4.79 Å². The highest BCUT2D eigenvalue weighted by Crippen LogP contribution is 2.60. The Kier molecular flexibility index (Phi) is 14.0. The van der Waals surface area contributed by atoms with E-state index in [4.69, 9.17) is 81.5 Å². The Bertz CT molecular complexity index is 2440. The Balaban J connectivity index is 0.660. The highest BCUT2D eigenvalue weighted by Gasteiger charge is 2.77. The lowest BCUT2D eigenvalue weighted by atomic mass is 9.80. The average Bonchev–Trinajstić information content (AvgIpc) is 4.44. The monoisotopic (exact) mass is 1140 g/mol. The highest BCUT2D eigenvalue weighted by atomic mass is 16.9. The van der Waals surface area contributed by atoms with Crippen molar-refractivity contribution in [3.05, 3.63) is 24.3 Å². The molecule has 16 saturated heterocycles. The van der Waals surface area contributed by atoms with E-state index >= 15 is 0 Å². The van der Waals surface area contributed by atoms with Crippen molar-refractivity contribution in [2.24, 2.45) is 29.4 Å². The number of carbonyl (C=O) groups is 1. The molecule has 21 heteroatoms. The van der Waals surface area contributed by atoms with E-state index in [-0.39, 0.29) is 91.9 Å². The largest absolute Gasteiger partial charge is 0.459 e. The van der Waals surface area contributed by atoms with Crippen molar-refractivity contribution >= 4 is 5.97 Å². The zero-order valence-electron chi connectivity index (χ0n) is 47.5. The van der Waals surface area contributed by atoms with Crippen molar-refractivity contribution in [3.63, 3.8) is 0 Å². The Morgan fingerprint density at radius 2 is 1.32 bits per heavy atom. The van der Waals surface area contributed by atoms with E-state index in [1.54, 1.807) is 0 Å². The molecule has 0 aromatic rings. The second-order valence-corrected chi connectivity index (χ2v) is 27.8. The molecule has 81 heavy (non-hydrogen) atoms. The number of hydrogen-bond acceptors (Lipinski definition) is 21. The van der Waals surface area contributed by atoms with E-state index in [1.807, 2.05) is 13.8 Å². The SMILES string of the molecule is C=C1CC2CCC34OC5C6OC(CCC6OC6C5OC(C)(C6O3)C4O)CC(=O)OC3C(CC4OC(CCC1O2)CC(C)C4=C)OC1OC2OC4(CC2OC1C3C)CC1OC2(CC(C)C3OC(C(O)CC(O)CN)CC3O2)CC(C)C1O4. The molecule has 21 nitrogen and oxygen atoms in total. The third-order valence-corrected chi connectivity index (χ3v) is 22.1. The topological polar surface area (TPSA) is 251 Å². The van der Waals surface area contributed by atoms with Crippen LogP contribution < -0.4 is 5.73 Å². The van der Waals surface area contributed by atoms with Crippen LogP contribution in [0.1, 0.15) is 137 Å². The quantitative estimate of drug-likeness (QED) is 0.231. The summed E-state index contributed by atoms with van der Waals surface area (Å²) in [6.45, 7) is 19.6. The standard InChI is InChI=1S/C60H87NO20/c1-25-14-32-8-10-36-26(2)15-34(66-36)12-13-60-56(65)57(7)53(80-60)52-51(77-57)50(79-60)49-37(69-52)11-9-33(68-49)17-44(64)73-47-30(6)48-55(72-40(47)18-38(67-32)29(25)5)74-54-43(71-48)23-59(81-54)22-42-46(78-59)28(4)21-58(76-42)20-27(3)45-41(75-58)19-39(70-45)35(63)16-31(62)24-61/h25,27-28,30-43,45-56,62-63,65H,2,5,8-24,61H2,1,3-4,6-7H3. The Labute approximate surface area is 474 Å². The van der Waals surface area contributed by atoms with E-state index in [9.17, 15) is 20.1 Å². The normalized spacial score (nSPS) is 57.9. The number of nitrogens with two attached hydrogens (primary N) is 1. The van der Waals surface area contributed by atoms with Gasteiger partial charge in [-0.25, -0.2) is 0 Å². The summed E-state index contributed by atoms with van der Waals surface area (Å²) >= 11 is 0. The number of rotatable bonds is 4. The number of ether oxygens (including phenoxy) is 16. The molecule has 0 aliphatic carbocycles. The van der Waals surface area contributed by atoms with Gasteiger partial charge in [0.15, 0.2) is 29.9 Å². The van der Waals surface area contributed by atoms with Crippen molar-refractivity contribution in [3.8, 4) is 0 Å². The van der Waals surface area contributed by atoms with Crippen LogP contribution in [0.2, 0.25) is 0 Å². The Hall–Kier alpha value is -1.81. The number of aliphatic hydroxyl groups excluding tert-OH is 3. The second kappa shape index (κ2) is 20.4. The van der Waals surface area contributed by atoms with Gasteiger partial charge >= 0.3 is 5.97 Å². The maximum atomic E-state index is 14.6. The lowest BCUT2D eigenvalue weighted by molar-refractivity contribution is -0.392. The minimum atomic E-state index is -1.36. The van der Waals surface area contributed by atoms with Gasteiger partial charge in [-0.2, -0.15) is 0 Å². The van der Waals surface area contributed by atoms with Gasteiger partial charge in [0.2, 0.25) is 0 Å². The summed E-state index contributed by atoms with van der Waals surface area (Å²) in [6.07, 6.45) is -4.55. The van der Waals surface area contributed by atoms with E-state index in [2.05, 4.69) is 33.9 Å². The van der Waals surface area contributed by atoms with E-state index in [0.717, 1.165) is 30.4 Å². The van der Waals surface area contributed by atoms with Gasteiger partial charge in [0, 0.05) is 63.8 Å². The van der Waals surface area contributed by atoms with Crippen LogP contribution in [0.3, 0.4) is 0 Å².